The summed E-state index contributed by atoms with van der Waals surface area (Å²) >= 11 is 6.89. The number of aliphatic hydroxyl groups excluding tert-OH is 1. The predicted octanol–water partition coefficient (Wildman–Crippen LogP) is 4.92. The highest BCUT2D eigenvalue weighted by atomic mass is 35.5. The topological polar surface area (TPSA) is 83.5 Å². The quantitative estimate of drug-likeness (QED) is 0.239. The minimum absolute atomic E-state index is 0.229. The second kappa shape index (κ2) is 10.2. The van der Waals surface area contributed by atoms with E-state index in [0.717, 1.165) is 37.7 Å². The molecular weight excluding hydrogens is 448 g/mol. The van der Waals surface area contributed by atoms with Gasteiger partial charge in [-0.1, -0.05) is 55.1 Å². The van der Waals surface area contributed by atoms with Crippen molar-refractivity contribution in [2.45, 2.75) is 50.1 Å². The highest BCUT2D eigenvalue weighted by molar-refractivity contribution is 6.33. The average Bonchev–Trinajstić information content (AvgIpc) is 2.85. The zero-order valence-electron chi connectivity index (χ0n) is 18.4. The summed E-state index contributed by atoms with van der Waals surface area (Å²) in [4.78, 5) is 22.2. The second-order valence-electron chi connectivity index (χ2n) is 8.09. The molecule has 1 spiro atoms. The number of rotatable bonds is 9. The van der Waals surface area contributed by atoms with Crippen molar-refractivity contribution in [3.8, 4) is 11.5 Å². The van der Waals surface area contributed by atoms with Gasteiger partial charge >= 0.3 is 0 Å². The maximum atomic E-state index is 10.9. The molecule has 0 radical (unpaired) electrons. The van der Waals surface area contributed by atoms with Crippen molar-refractivity contribution < 1.29 is 33.9 Å². The molecule has 1 heterocycles. The third-order valence-electron chi connectivity index (χ3n) is 6.24. The third kappa shape index (κ3) is 4.39. The normalized spacial score (nSPS) is 21.7. The number of hydrogen-bond donors (Lipinski definition) is 1. The number of halogens is 1. The van der Waals surface area contributed by atoms with E-state index in [1.807, 2.05) is 24.3 Å². The molecule has 2 aromatic rings. The highest BCUT2D eigenvalue weighted by Gasteiger charge is 2.67. The first-order valence-electron chi connectivity index (χ1n) is 10.9. The molecule has 1 unspecified atom stereocenters. The van der Waals surface area contributed by atoms with Crippen LogP contribution in [0.2, 0.25) is 5.02 Å². The molecular formula is C25H27ClO7. The zero-order chi connectivity index (χ0) is 23.3. The Hall–Kier alpha value is -2.42. The number of carbonyl (C=O) groups excluding carboxylic acids is 1. The van der Waals surface area contributed by atoms with E-state index in [1.165, 1.54) is 6.08 Å². The van der Waals surface area contributed by atoms with E-state index in [0.29, 0.717) is 33.9 Å². The second-order valence-corrected chi connectivity index (χ2v) is 8.47. The van der Waals surface area contributed by atoms with Crippen molar-refractivity contribution in [1.29, 1.82) is 0 Å². The van der Waals surface area contributed by atoms with Gasteiger partial charge in [-0.2, -0.15) is 4.89 Å². The van der Waals surface area contributed by atoms with Crippen molar-refractivity contribution in [1.82, 2.24) is 0 Å². The zero-order valence-corrected chi connectivity index (χ0v) is 19.2. The first-order valence-corrected chi connectivity index (χ1v) is 11.3. The third-order valence-corrected chi connectivity index (χ3v) is 6.62. The van der Waals surface area contributed by atoms with Crippen LogP contribution in [0, 0.1) is 0 Å². The Kier molecular flexibility index (Phi) is 7.36. The monoisotopic (exact) mass is 474 g/mol. The first-order chi connectivity index (χ1) is 16.1. The molecule has 1 N–H and O–H groups in total. The molecule has 0 aromatic heterocycles. The summed E-state index contributed by atoms with van der Waals surface area (Å²) in [5.41, 5.74) is 1.56. The number of aliphatic hydroxyl groups is 1. The number of ether oxygens (including phenoxy) is 3. The van der Waals surface area contributed by atoms with E-state index >= 15 is 0 Å². The number of allylic oxidation sites excluding steroid dienone is 1. The van der Waals surface area contributed by atoms with Crippen molar-refractivity contribution >= 4 is 24.0 Å². The standard InChI is InChI=1S/C25H27ClO7/c1-29-25(24(32-33-25)13-3-2-4-14-24)21-12-9-19(6-5-15-27)23(22(21)26)30-16-18-7-10-20(11-8-18)31-17-28/h5-12,15,28H,2-4,13-14,16-17H2,1H3/b6-5+. The van der Waals surface area contributed by atoms with Gasteiger partial charge in [0.05, 0.1) is 5.02 Å². The van der Waals surface area contributed by atoms with Crippen LogP contribution in [0.25, 0.3) is 6.08 Å². The lowest BCUT2D eigenvalue weighted by Gasteiger charge is -2.56. The van der Waals surface area contributed by atoms with Gasteiger partial charge in [0.15, 0.2) is 12.4 Å². The summed E-state index contributed by atoms with van der Waals surface area (Å²) in [5, 5.41) is 9.23. The summed E-state index contributed by atoms with van der Waals surface area (Å²) < 4.78 is 17.1. The Bertz CT molecular complexity index is 995. The molecule has 0 bridgehead atoms. The fourth-order valence-electron chi connectivity index (χ4n) is 4.55. The Morgan fingerprint density at radius 2 is 1.82 bits per heavy atom. The maximum absolute atomic E-state index is 10.9. The van der Waals surface area contributed by atoms with Gasteiger partial charge in [0.2, 0.25) is 0 Å². The number of carbonyl (C=O) groups is 1. The van der Waals surface area contributed by atoms with Gasteiger partial charge < -0.3 is 19.3 Å². The average molecular weight is 475 g/mol. The first kappa shape index (κ1) is 23.7. The highest BCUT2D eigenvalue weighted by Crippen LogP contribution is 2.58. The molecule has 4 rings (SSSR count). The molecule has 33 heavy (non-hydrogen) atoms. The van der Waals surface area contributed by atoms with Crippen LogP contribution in [0.4, 0.5) is 0 Å². The lowest BCUT2D eigenvalue weighted by molar-refractivity contribution is -0.622. The van der Waals surface area contributed by atoms with Gasteiger partial charge in [0.1, 0.15) is 24.4 Å². The van der Waals surface area contributed by atoms with Crippen LogP contribution in [0.1, 0.15) is 48.8 Å². The van der Waals surface area contributed by atoms with Gasteiger partial charge in [0, 0.05) is 18.2 Å². The Labute approximate surface area is 197 Å². The van der Waals surface area contributed by atoms with Gasteiger partial charge in [-0.05, 0) is 42.7 Å². The van der Waals surface area contributed by atoms with E-state index in [4.69, 9.17) is 40.7 Å². The minimum atomic E-state index is -1.13. The van der Waals surface area contributed by atoms with Gasteiger partial charge in [-0.3, -0.25) is 4.79 Å². The van der Waals surface area contributed by atoms with Crippen LogP contribution >= 0.6 is 11.6 Å². The van der Waals surface area contributed by atoms with E-state index in [9.17, 15) is 4.79 Å². The molecule has 1 saturated carbocycles. The van der Waals surface area contributed by atoms with Crippen LogP contribution in [-0.2, 0) is 31.7 Å². The number of aldehydes is 1. The Balaban J connectivity index is 1.67. The summed E-state index contributed by atoms with van der Waals surface area (Å²) in [5.74, 6) is -0.155. The lowest BCUT2D eigenvalue weighted by Crippen LogP contribution is -2.66. The van der Waals surface area contributed by atoms with Gasteiger partial charge in [-0.15, -0.1) is 0 Å². The van der Waals surface area contributed by atoms with Crippen LogP contribution in [0.15, 0.2) is 42.5 Å². The Morgan fingerprint density at radius 3 is 2.42 bits per heavy atom. The van der Waals surface area contributed by atoms with Crippen LogP contribution in [-0.4, -0.2) is 30.9 Å². The largest absolute Gasteiger partial charge is 0.487 e. The molecule has 0 amide bonds. The van der Waals surface area contributed by atoms with Crippen molar-refractivity contribution in [2.75, 3.05) is 13.9 Å². The Morgan fingerprint density at radius 1 is 1.06 bits per heavy atom. The van der Waals surface area contributed by atoms with Gasteiger partial charge in [-0.25, -0.2) is 4.89 Å². The molecule has 176 valence electrons. The SMILES string of the molecule is COC1(c2ccc(/C=C/C=O)c(OCc3ccc(OCO)cc3)c2Cl)OOC12CCCCC2. The smallest absolute Gasteiger partial charge is 0.261 e. The molecule has 1 aliphatic heterocycles. The van der Waals surface area contributed by atoms with Crippen molar-refractivity contribution in [3.05, 3.63) is 64.2 Å². The van der Waals surface area contributed by atoms with Crippen LogP contribution < -0.4 is 9.47 Å². The molecule has 1 aliphatic carbocycles. The number of methoxy groups -OCH3 is 1. The van der Waals surface area contributed by atoms with E-state index in [2.05, 4.69) is 0 Å². The lowest BCUT2D eigenvalue weighted by atomic mass is 9.74. The fraction of sp³-hybridized carbons (Fsp3) is 0.400. The molecule has 7 nitrogen and oxygen atoms in total. The van der Waals surface area contributed by atoms with Gasteiger partial charge in [0.25, 0.3) is 5.79 Å². The van der Waals surface area contributed by atoms with Crippen molar-refractivity contribution in [2.24, 2.45) is 0 Å². The minimum Gasteiger partial charge on any atom is -0.487 e. The molecule has 2 fully saturated rings. The van der Waals surface area contributed by atoms with Crippen LogP contribution in [0.5, 0.6) is 11.5 Å². The number of hydrogen-bond acceptors (Lipinski definition) is 7. The molecule has 2 aliphatic rings. The molecule has 1 atom stereocenters. The van der Waals surface area contributed by atoms with Crippen molar-refractivity contribution in [3.63, 3.8) is 0 Å². The van der Waals surface area contributed by atoms with Crippen LogP contribution in [0.3, 0.4) is 0 Å². The maximum Gasteiger partial charge on any atom is 0.261 e. The fourth-order valence-corrected chi connectivity index (χ4v) is 4.90. The predicted molar refractivity (Wildman–Crippen MR) is 122 cm³/mol. The van der Waals surface area contributed by atoms with E-state index < -0.39 is 11.4 Å². The van der Waals surface area contributed by atoms with E-state index in [-0.39, 0.29) is 13.4 Å². The molecule has 1 saturated heterocycles. The summed E-state index contributed by atoms with van der Waals surface area (Å²) in [6.07, 6.45) is 8.52. The van der Waals surface area contributed by atoms with E-state index in [1.54, 1.807) is 25.3 Å². The molecule has 2 aromatic carbocycles. The summed E-state index contributed by atoms with van der Waals surface area (Å²) in [7, 11) is 1.59. The summed E-state index contributed by atoms with van der Waals surface area (Å²) in [6.45, 7) is -0.161. The summed E-state index contributed by atoms with van der Waals surface area (Å²) in [6, 6.07) is 10.8. The molecule has 8 heteroatoms. The number of benzene rings is 2.